The molecule has 0 saturated heterocycles. The maximum absolute atomic E-state index is 7.24. The Balaban J connectivity index is 1.66. The summed E-state index contributed by atoms with van der Waals surface area (Å²) in [6.07, 6.45) is 0. The second kappa shape index (κ2) is 18.3. The van der Waals surface area contributed by atoms with Crippen LogP contribution in [0.3, 0.4) is 0 Å². The molecule has 0 bridgehead atoms. The van der Waals surface area contributed by atoms with Crippen molar-refractivity contribution in [3.8, 4) is 45.6 Å². The summed E-state index contributed by atoms with van der Waals surface area (Å²) in [6.45, 7) is 26.8. The lowest BCUT2D eigenvalue weighted by molar-refractivity contribution is 0.379. The van der Waals surface area contributed by atoms with Gasteiger partial charge in [0.25, 0.3) is 0 Å². The lowest BCUT2D eigenvalue weighted by Gasteiger charge is -2.33. The lowest BCUT2D eigenvalue weighted by atomic mass is 9.75. The molecular formula is C52H60O6P2. The Kier molecular flexibility index (Phi) is 13.6. The minimum atomic E-state index is -2.04. The molecule has 0 aliphatic rings. The smallest absolute Gasteiger partial charge is 0.409 e. The fourth-order valence-corrected chi connectivity index (χ4v) is 8.46. The SMILES string of the molecule is CC(C)(C)c1cc(-c2cc(C(C)(C)C)cc(C(C)(C)C)c2OP(Oc2ccccc2)Oc2ccccc2)c(OP(Oc2ccccc2)Oc2ccccc2)c(C(C)(C)C)c1. The number of hydrogen-bond donors (Lipinski definition) is 0. The molecule has 314 valence electrons. The van der Waals surface area contributed by atoms with Gasteiger partial charge in [-0.1, -0.05) is 168 Å². The number of rotatable bonds is 13. The molecule has 0 aliphatic heterocycles. The van der Waals surface area contributed by atoms with Crippen molar-refractivity contribution in [3.05, 3.63) is 168 Å². The molecule has 0 amide bonds. The van der Waals surface area contributed by atoms with E-state index in [1.54, 1.807) is 0 Å². The summed E-state index contributed by atoms with van der Waals surface area (Å²) in [5.74, 6) is 3.86. The van der Waals surface area contributed by atoms with Gasteiger partial charge < -0.3 is 27.1 Å². The molecule has 6 aromatic rings. The lowest BCUT2D eigenvalue weighted by Crippen LogP contribution is -2.20. The molecule has 6 nitrogen and oxygen atoms in total. The molecule has 60 heavy (non-hydrogen) atoms. The number of para-hydroxylation sites is 4. The summed E-state index contributed by atoms with van der Waals surface area (Å²) in [5, 5.41) is 0. The predicted molar refractivity (Wildman–Crippen MR) is 250 cm³/mol. The Morgan fingerprint density at radius 2 is 0.550 bits per heavy atom. The van der Waals surface area contributed by atoms with Crippen molar-refractivity contribution in [1.29, 1.82) is 0 Å². The molecule has 8 heteroatoms. The van der Waals surface area contributed by atoms with Gasteiger partial charge in [0.2, 0.25) is 0 Å². The van der Waals surface area contributed by atoms with Crippen LogP contribution in [0.15, 0.2) is 146 Å². The van der Waals surface area contributed by atoms with Gasteiger partial charge in [-0.3, -0.25) is 0 Å². The molecule has 0 saturated carbocycles. The van der Waals surface area contributed by atoms with E-state index in [1.165, 1.54) is 0 Å². The summed E-state index contributed by atoms with van der Waals surface area (Å²) in [4.78, 5) is 0. The summed E-state index contributed by atoms with van der Waals surface area (Å²) < 4.78 is 40.9. The van der Waals surface area contributed by atoms with Crippen LogP contribution in [0.4, 0.5) is 0 Å². The van der Waals surface area contributed by atoms with Crippen molar-refractivity contribution in [2.45, 2.75) is 105 Å². The van der Waals surface area contributed by atoms with Crippen molar-refractivity contribution >= 4 is 17.2 Å². The van der Waals surface area contributed by atoms with Crippen LogP contribution in [-0.2, 0) is 21.7 Å². The largest absolute Gasteiger partial charge is 0.530 e. The van der Waals surface area contributed by atoms with Gasteiger partial charge in [-0.25, -0.2) is 0 Å². The quantitative estimate of drug-likeness (QED) is 0.108. The fourth-order valence-electron chi connectivity index (χ4n) is 6.37. The van der Waals surface area contributed by atoms with Crippen LogP contribution in [0.2, 0.25) is 0 Å². The van der Waals surface area contributed by atoms with Crippen molar-refractivity contribution in [2.24, 2.45) is 0 Å². The van der Waals surface area contributed by atoms with Gasteiger partial charge in [-0.05, 0) is 93.5 Å². The van der Waals surface area contributed by atoms with Gasteiger partial charge >= 0.3 is 17.2 Å². The molecule has 0 aliphatic carbocycles. The van der Waals surface area contributed by atoms with E-state index in [0.29, 0.717) is 34.5 Å². The van der Waals surface area contributed by atoms with Crippen molar-refractivity contribution in [3.63, 3.8) is 0 Å². The summed E-state index contributed by atoms with van der Waals surface area (Å²) in [5.41, 5.74) is 4.89. The molecule has 6 rings (SSSR count). The average Bonchev–Trinajstić information content (AvgIpc) is 3.18. The zero-order chi connectivity index (χ0) is 43.3. The van der Waals surface area contributed by atoms with Crippen molar-refractivity contribution < 1.29 is 27.1 Å². The third kappa shape index (κ3) is 11.6. The van der Waals surface area contributed by atoms with E-state index in [0.717, 1.165) is 33.4 Å². The van der Waals surface area contributed by atoms with Gasteiger partial charge in [-0.15, -0.1) is 0 Å². The second-order valence-electron chi connectivity index (χ2n) is 19.0. The van der Waals surface area contributed by atoms with E-state index in [1.807, 2.05) is 121 Å². The summed E-state index contributed by atoms with van der Waals surface area (Å²) in [7, 11) is -4.07. The molecule has 0 heterocycles. The zero-order valence-corrected chi connectivity index (χ0v) is 39.0. The Bertz CT molecular complexity index is 2060. The predicted octanol–water partition coefficient (Wildman–Crippen LogP) is 16.1. The Morgan fingerprint density at radius 3 is 0.767 bits per heavy atom. The van der Waals surface area contributed by atoms with E-state index in [2.05, 4.69) is 107 Å². The minimum absolute atomic E-state index is 0.214. The number of benzene rings is 6. The first-order valence-electron chi connectivity index (χ1n) is 20.5. The first kappa shape index (κ1) is 44.5. The maximum Gasteiger partial charge on any atom is 0.530 e. The number of hydrogen-bond acceptors (Lipinski definition) is 6. The highest BCUT2D eigenvalue weighted by Gasteiger charge is 2.36. The Labute approximate surface area is 361 Å². The summed E-state index contributed by atoms with van der Waals surface area (Å²) >= 11 is 0. The first-order chi connectivity index (χ1) is 28.3. The highest BCUT2D eigenvalue weighted by atomic mass is 31.2. The second-order valence-corrected chi connectivity index (χ2v) is 21.0. The van der Waals surface area contributed by atoms with Crippen LogP contribution in [0.1, 0.15) is 105 Å². The molecule has 0 aromatic heterocycles. The molecule has 0 N–H and O–H groups in total. The average molecular weight is 843 g/mol. The third-order valence-electron chi connectivity index (χ3n) is 9.84. The summed E-state index contributed by atoms with van der Waals surface area (Å²) in [6, 6.07) is 47.8. The van der Waals surface area contributed by atoms with Gasteiger partial charge in [-0.2, -0.15) is 0 Å². The highest BCUT2D eigenvalue weighted by Crippen LogP contribution is 2.55. The van der Waals surface area contributed by atoms with E-state index in [-0.39, 0.29) is 21.7 Å². The highest BCUT2D eigenvalue weighted by molar-refractivity contribution is 7.43. The standard InChI is InChI=1S/C52H60O6P2/c1-49(2,3)37-33-43(47(45(35-37)51(7,8)9)57-59(53-39-25-17-13-18-26-39)54-40-27-19-14-20-28-40)44-34-38(50(4,5)6)36-46(52(10,11)12)48(44)58-60(55-41-29-21-15-22-30-41)56-42-31-23-16-24-32-42/h13-36H,1-12H3. The first-order valence-corrected chi connectivity index (χ1v) is 22.7. The van der Waals surface area contributed by atoms with Crippen LogP contribution in [0, 0.1) is 0 Å². The van der Waals surface area contributed by atoms with Crippen molar-refractivity contribution in [2.75, 3.05) is 0 Å². The topological polar surface area (TPSA) is 55.4 Å². The van der Waals surface area contributed by atoms with Crippen LogP contribution in [-0.4, -0.2) is 0 Å². The van der Waals surface area contributed by atoms with Crippen LogP contribution >= 0.6 is 17.2 Å². The molecule has 0 spiro atoms. The van der Waals surface area contributed by atoms with E-state index in [9.17, 15) is 0 Å². The normalized spacial score (nSPS) is 12.3. The van der Waals surface area contributed by atoms with Crippen LogP contribution in [0.5, 0.6) is 34.5 Å². The third-order valence-corrected chi connectivity index (χ3v) is 11.9. The van der Waals surface area contributed by atoms with Gasteiger partial charge in [0.15, 0.2) is 0 Å². The molecule has 0 fully saturated rings. The molecule has 6 aromatic carbocycles. The van der Waals surface area contributed by atoms with Crippen LogP contribution < -0.4 is 27.1 Å². The monoisotopic (exact) mass is 842 g/mol. The molecule has 0 radical (unpaired) electrons. The Morgan fingerprint density at radius 1 is 0.300 bits per heavy atom. The fraction of sp³-hybridized carbons (Fsp3) is 0.308. The molecule has 0 unspecified atom stereocenters. The molecule has 0 atom stereocenters. The van der Waals surface area contributed by atoms with E-state index < -0.39 is 17.2 Å². The minimum Gasteiger partial charge on any atom is -0.409 e. The maximum atomic E-state index is 7.24. The van der Waals surface area contributed by atoms with E-state index in [4.69, 9.17) is 27.1 Å². The van der Waals surface area contributed by atoms with Gasteiger partial charge in [0.05, 0.1) is 0 Å². The van der Waals surface area contributed by atoms with Gasteiger partial charge in [0, 0.05) is 22.3 Å². The van der Waals surface area contributed by atoms with Crippen LogP contribution in [0.25, 0.3) is 11.1 Å². The van der Waals surface area contributed by atoms with Gasteiger partial charge in [0.1, 0.15) is 34.5 Å². The zero-order valence-electron chi connectivity index (χ0n) is 37.2. The molecular weight excluding hydrogens is 783 g/mol. The van der Waals surface area contributed by atoms with E-state index >= 15 is 0 Å². The Hall–Kier alpha value is -5.02. The van der Waals surface area contributed by atoms with Crippen molar-refractivity contribution in [1.82, 2.24) is 0 Å².